The molecule has 0 saturated carbocycles. The van der Waals surface area contributed by atoms with Gasteiger partial charge in [0.25, 0.3) is 0 Å². The molecule has 0 atom stereocenters. The molecule has 0 spiro atoms. The largest absolute Gasteiger partial charge is 0.412 e. The molecule has 0 unspecified atom stereocenters. The molecule has 8 heavy (non-hydrogen) atoms. The van der Waals surface area contributed by atoms with Gasteiger partial charge in [-0.1, -0.05) is 0 Å². The van der Waals surface area contributed by atoms with Crippen molar-refractivity contribution in [1.82, 2.24) is 0 Å². The molecule has 6 N–H and O–H groups in total. The van der Waals surface area contributed by atoms with Crippen LogP contribution < -0.4 is 0 Å². The summed E-state index contributed by atoms with van der Waals surface area (Å²) in [4.78, 5) is 0. The summed E-state index contributed by atoms with van der Waals surface area (Å²) in [5, 5.41) is 15.1. The van der Waals surface area contributed by atoms with Crippen LogP contribution in [0.15, 0.2) is 0 Å². The number of hydrogen-bond donors (Lipinski definition) is 2. The van der Waals surface area contributed by atoms with E-state index < -0.39 is 0 Å². The van der Waals surface area contributed by atoms with Crippen molar-refractivity contribution in [3.63, 3.8) is 0 Å². The van der Waals surface area contributed by atoms with E-state index in [9.17, 15) is 0 Å². The lowest BCUT2D eigenvalue weighted by Crippen LogP contribution is -1.85. The fourth-order valence-corrected chi connectivity index (χ4v) is 0. The zero-order chi connectivity index (χ0) is 5.58. The first-order chi connectivity index (χ1) is 2.73. The van der Waals surface area contributed by atoms with Gasteiger partial charge in [-0.3, -0.25) is 0 Å². The van der Waals surface area contributed by atoms with Crippen molar-refractivity contribution in [2.24, 2.45) is 0 Å². The van der Waals surface area contributed by atoms with Gasteiger partial charge in [0, 0.05) is 13.2 Å². The highest BCUT2D eigenvalue weighted by Crippen LogP contribution is 1.65. The van der Waals surface area contributed by atoms with E-state index in [1.807, 2.05) is 0 Å². The average molecular weight is 128 g/mol. The molecule has 0 amide bonds. The van der Waals surface area contributed by atoms with E-state index in [0.29, 0.717) is 0 Å². The van der Waals surface area contributed by atoms with E-state index in [0.717, 1.165) is 7.11 Å². The normalized spacial score (nSPS) is 5.25. The van der Waals surface area contributed by atoms with Crippen molar-refractivity contribution < 1.29 is 21.2 Å². The summed E-state index contributed by atoms with van der Waals surface area (Å²) in [5.41, 5.74) is 0. The maximum Gasteiger partial charge on any atom is 0.0483 e. The molecule has 0 fully saturated rings. The van der Waals surface area contributed by atoms with E-state index in [-0.39, 0.29) is 17.1 Å². The van der Waals surface area contributed by atoms with Gasteiger partial charge in [0.1, 0.15) is 0 Å². The predicted molar refractivity (Wildman–Crippen MR) is 32.7 cm³/mol. The highest BCUT2D eigenvalue weighted by atomic mass is 16.3. The van der Waals surface area contributed by atoms with Gasteiger partial charge in [-0.15, -0.1) is 0 Å². The van der Waals surface area contributed by atoms with Crippen LogP contribution in [-0.4, -0.2) is 34.4 Å². The van der Waals surface area contributed by atoms with Crippen LogP contribution in [0.25, 0.3) is 0 Å². The molecule has 0 heterocycles. The van der Waals surface area contributed by atoms with Gasteiger partial charge >= 0.3 is 0 Å². The Kier molecular flexibility index (Phi) is 89.9. The van der Waals surface area contributed by atoms with Crippen molar-refractivity contribution in [2.75, 3.05) is 7.11 Å². The summed E-state index contributed by atoms with van der Waals surface area (Å²) < 4.78 is 0. The molecule has 0 aromatic carbocycles. The van der Waals surface area contributed by atoms with Crippen molar-refractivity contribution >= 4 is 0 Å². The average Bonchev–Trinajstić information content (AvgIpc) is 1.41. The second-order valence-electron chi connectivity index (χ2n) is 1.09. The van der Waals surface area contributed by atoms with Gasteiger partial charge in [0.2, 0.25) is 0 Å². The van der Waals surface area contributed by atoms with E-state index in [4.69, 9.17) is 10.2 Å². The van der Waals surface area contributed by atoms with Crippen LogP contribution in [-0.2, 0) is 0 Å². The summed E-state index contributed by atoms with van der Waals surface area (Å²) in [6.45, 7) is 3.44. The van der Waals surface area contributed by atoms with Crippen molar-refractivity contribution in [2.45, 2.75) is 20.0 Å². The number of hydrogen-bond acceptors (Lipinski definition) is 2. The fourth-order valence-electron chi connectivity index (χ4n) is 0. The summed E-state index contributed by atoms with van der Waals surface area (Å²) in [5.74, 6) is 0. The van der Waals surface area contributed by atoms with Gasteiger partial charge in [0.05, 0.1) is 0 Å². The fraction of sp³-hybridized carbons (Fsp3) is 1.00. The van der Waals surface area contributed by atoms with Gasteiger partial charge in [-0.2, -0.15) is 0 Å². The van der Waals surface area contributed by atoms with Gasteiger partial charge < -0.3 is 21.2 Å². The molecule has 0 aliphatic carbocycles. The second kappa shape index (κ2) is 28.9. The highest BCUT2D eigenvalue weighted by molar-refractivity contribution is 4.20. The Hall–Kier alpha value is -0.160. The zero-order valence-electron chi connectivity index (χ0n) is 5.47. The van der Waals surface area contributed by atoms with E-state index in [1.54, 1.807) is 13.8 Å². The first kappa shape index (κ1) is 24.9. The van der Waals surface area contributed by atoms with Crippen LogP contribution in [0.4, 0.5) is 0 Å². The minimum absolute atomic E-state index is 0. The van der Waals surface area contributed by atoms with Crippen LogP contribution in [0.5, 0.6) is 0 Å². The Morgan fingerprint density at radius 3 is 1.00 bits per heavy atom. The van der Waals surface area contributed by atoms with Gasteiger partial charge in [0.15, 0.2) is 0 Å². The molecule has 4 nitrogen and oxygen atoms in total. The first-order valence-electron chi connectivity index (χ1n) is 1.86. The van der Waals surface area contributed by atoms with Crippen LogP contribution in [0, 0.1) is 0 Å². The minimum atomic E-state index is -0.167. The Morgan fingerprint density at radius 1 is 1.00 bits per heavy atom. The van der Waals surface area contributed by atoms with E-state index >= 15 is 0 Å². The molecule has 0 aliphatic rings. The van der Waals surface area contributed by atoms with E-state index in [1.165, 1.54) is 0 Å². The second-order valence-corrected chi connectivity index (χ2v) is 1.09. The van der Waals surface area contributed by atoms with Crippen LogP contribution in [0.2, 0.25) is 0 Å². The minimum Gasteiger partial charge on any atom is -0.412 e. The lowest BCUT2D eigenvalue weighted by atomic mass is 10.5. The van der Waals surface area contributed by atoms with Gasteiger partial charge in [-0.05, 0) is 13.8 Å². The van der Waals surface area contributed by atoms with E-state index in [2.05, 4.69) is 0 Å². The molecule has 56 valence electrons. The molecule has 0 radical (unpaired) electrons. The zero-order valence-corrected chi connectivity index (χ0v) is 5.47. The number of rotatable bonds is 0. The molecule has 4 heteroatoms. The predicted octanol–water partition coefficient (Wildman–Crippen LogP) is -1.65. The van der Waals surface area contributed by atoms with Crippen molar-refractivity contribution in [3.05, 3.63) is 0 Å². The molecule has 0 aliphatic heterocycles. The summed E-state index contributed by atoms with van der Waals surface area (Å²) in [6.07, 6.45) is -0.167. The third-order valence-electron chi connectivity index (χ3n) is 0. The molecule has 0 rings (SSSR count). The Morgan fingerprint density at radius 2 is 1.00 bits per heavy atom. The highest BCUT2D eigenvalue weighted by Gasteiger charge is 1.69. The maximum absolute atomic E-state index is 8.06. The van der Waals surface area contributed by atoms with Crippen LogP contribution in [0.3, 0.4) is 0 Å². The monoisotopic (exact) mass is 128 g/mol. The Bertz CT molecular complexity index is 12.8. The Labute approximate surface area is 49.4 Å². The van der Waals surface area contributed by atoms with Crippen molar-refractivity contribution in [3.8, 4) is 0 Å². The number of aliphatic hydroxyl groups excluding tert-OH is 2. The summed E-state index contributed by atoms with van der Waals surface area (Å²) in [7, 11) is 1.00. The van der Waals surface area contributed by atoms with Crippen LogP contribution in [0.1, 0.15) is 13.8 Å². The molecule has 0 saturated heterocycles. The maximum atomic E-state index is 8.06. The molecule has 0 aromatic rings. The van der Waals surface area contributed by atoms with Crippen molar-refractivity contribution in [1.29, 1.82) is 0 Å². The van der Waals surface area contributed by atoms with Gasteiger partial charge in [-0.25, -0.2) is 0 Å². The molecular weight excluding hydrogens is 112 g/mol. The molecule has 0 aromatic heterocycles. The lowest BCUT2D eigenvalue weighted by molar-refractivity contribution is 0.216. The summed E-state index contributed by atoms with van der Waals surface area (Å²) in [6, 6.07) is 0. The third-order valence-corrected chi connectivity index (χ3v) is 0. The number of aliphatic hydroxyl groups is 2. The first-order valence-corrected chi connectivity index (χ1v) is 1.86. The molecular formula is C4H16O4. The summed E-state index contributed by atoms with van der Waals surface area (Å²) >= 11 is 0. The third kappa shape index (κ3) is 5340. The smallest absolute Gasteiger partial charge is 0.0483 e. The SMILES string of the molecule is CC(C)O.CO.O.O. The molecule has 0 bridgehead atoms. The quantitative estimate of drug-likeness (QED) is 0.408. The standard InChI is InChI=1S/C3H8O.CH4O.2H2O/c1-3(2)4;1-2;;/h3-4H,1-2H3;2H,1H3;2*1H2. The Balaban J connectivity index is -0.0000000183. The lowest BCUT2D eigenvalue weighted by Gasteiger charge is -1.80. The van der Waals surface area contributed by atoms with Crippen LogP contribution >= 0.6 is 0 Å². The topological polar surface area (TPSA) is 103 Å².